The molecule has 1 aliphatic carbocycles. The van der Waals surface area contributed by atoms with Gasteiger partial charge in [-0.05, 0) is 25.8 Å². The zero-order chi connectivity index (χ0) is 12.2. The van der Waals surface area contributed by atoms with Gasteiger partial charge in [-0.25, -0.2) is 0 Å². The third-order valence-corrected chi connectivity index (χ3v) is 3.54. The smallest absolute Gasteiger partial charge is 0.152 e. The Morgan fingerprint density at radius 3 is 2.25 bits per heavy atom. The Bertz CT molecular complexity index is 223. The van der Waals surface area contributed by atoms with Crippen LogP contribution in [0.15, 0.2) is 0 Å². The van der Waals surface area contributed by atoms with Crippen LogP contribution in [0.1, 0.15) is 52.9 Å². The molecule has 0 heterocycles. The van der Waals surface area contributed by atoms with Crippen LogP contribution in [-0.4, -0.2) is 30.8 Å². The van der Waals surface area contributed by atoms with Crippen molar-refractivity contribution in [2.24, 2.45) is 11.3 Å². The van der Waals surface area contributed by atoms with Gasteiger partial charge in [-0.2, -0.15) is 0 Å². The number of nitrogens with zero attached hydrogens (tertiary/aromatic N) is 1. The van der Waals surface area contributed by atoms with Gasteiger partial charge in [-0.15, -0.1) is 0 Å². The first-order chi connectivity index (χ1) is 7.39. The molecule has 1 rings (SSSR count). The summed E-state index contributed by atoms with van der Waals surface area (Å²) < 4.78 is 0. The number of rotatable bonds is 4. The van der Waals surface area contributed by atoms with Crippen molar-refractivity contribution in [3.05, 3.63) is 0 Å². The van der Waals surface area contributed by atoms with Gasteiger partial charge in [0.15, 0.2) is 5.78 Å². The topological polar surface area (TPSA) is 20.3 Å². The highest BCUT2D eigenvalue weighted by Crippen LogP contribution is 2.24. The van der Waals surface area contributed by atoms with E-state index in [1.165, 1.54) is 32.1 Å². The maximum absolute atomic E-state index is 11.9. The number of carbonyl (C=O) groups excluding carboxylic acids is 1. The first-order valence-electron chi connectivity index (χ1n) is 6.61. The monoisotopic (exact) mass is 225 g/mol. The van der Waals surface area contributed by atoms with E-state index in [9.17, 15) is 4.79 Å². The van der Waals surface area contributed by atoms with E-state index in [0.29, 0.717) is 12.3 Å². The lowest BCUT2D eigenvalue weighted by Gasteiger charge is -2.28. The number of carbonyl (C=O) groups is 1. The van der Waals surface area contributed by atoms with Gasteiger partial charge >= 0.3 is 0 Å². The summed E-state index contributed by atoms with van der Waals surface area (Å²) in [7, 11) is 2.08. The Morgan fingerprint density at radius 1 is 1.19 bits per heavy atom. The lowest BCUT2D eigenvalue weighted by Crippen LogP contribution is -2.36. The number of Topliss-reactive ketones (excluding diaryl/α,β-unsaturated/α-hetero) is 1. The van der Waals surface area contributed by atoms with E-state index in [1.807, 2.05) is 20.8 Å². The standard InChI is InChI=1S/C14H27NO/c1-14(2,3)13(16)11-15(4)10-12-8-6-5-7-9-12/h12H,5-11H2,1-4H3. The molecular formula is C14H27NO. The molecule has 0 amide bonds. The second kappa shape index (κ2) is 5.81. The fourth-order valence-corrected chi connectivity index (χ4v) is 2.36. The summed E-state index contributed by atoms with van der Waals surface area (Å²) in [5, 5.41) is 0. The minimum Gasteiger partial charge on any atom is -0.299 e. The van der Waals surface area contributed by atoms with Crippen molar-refractivity contribution in [2.45, 2.75) is 52.9 Å². The molecule has 1 fully saturated rings. The number of likely N-dealkylation sites (N-methyl/N-ethyl adjacent to an activating group) is 1. The first kappa shape index (κ1) is 13.7. The normalized spacial score (nSPS) is 19.1. The molecule has 2 nitrogen and oxygen atoms in total. The quantitative estimate of drug-likeness (QED) is 0.732. The van der Waals surface area contributed by atoms with Crippen molar-refractivity contribution < 1.29 is 4.79 Å². The van der Waals surface area contributed by atoms with Crippen molar-refractivity contribution >= 4 is 5.78 Å². The fraction of sp³-hybridized carbons (Fsp3) is 0.929. The molecule has 2 heteroatoms. The average molecular weight is 225 g/mol. The number of hydrogen-bond donors (Lipinski definition) is 0. The molecule has 0 aromatic carbocycles. The second-order valence-electron chi connectivity index (χ2n) is 6.37. The molecule has 0 unspecified atom stereocenters. The largest absolute Gasteiger partial charge is 0.299 e. The van der Waals surface area contributed by atoms with Crippen LogP contribution in [0.4, 0.5) is 0 Å². The first-order valence-corrected chi connectivity index (χ1v) is 6.61. The SMILES string of the molecule is CN(CC(=O)C(C)(C)C)CC1CCCCC1. The molecule has 0 radical (unpaired) electrons. The third-order valence-electron chi connectivity index (χ3n) is 3.54. The van der Waals surface area contributed by atoms with E-state index in [0.717, 1.165) is 12.5 Å². The Hall–Kier alpha value is -0.370. The lowest BCUT2D eigenvalue weighted by atomic mass is 9.88. The minimum absolute atomic E-state index is 0.194. The Balaban J connectivity index is 2.29. The van der Waals surface area contributed by atoms with Gasteiger partial charge in [-0.1, -0.05) is 40.0 Å². The third kappa shape index (κ3) is 4.65. The Labute approximate surface area is 100 Å². The maximum Gasteiger partial charge on any atom is 0.152 e. The van der Waals surface area contributed by atoms with Crippen LogP contribution >= 0.6 is 0 Å². The van der Waals surface area contributed by atoms with Gasteiger partial charge in [-0.3, -0.25) is 9.69 Å². The van der Waals surface area contributed by atoms with Crippen LogP contribution in [0.2, 0.25) is 0 Å². The number of hydrogen-bond acceptors (Lipinski definition) is 2. The van der Waals surface area contributed by atoms with E-state index in [1.54, 1.807) is 0 Å². The molecule has 0 aliphatic heterocycles. The maximum atomic E-state index is 11.9. The van der Waals surface area contributed by atoms with Crippen molar-refractivity contribution in [3.63, 3.8) is 0 Å². The molecule has 94 valence electrons. The summed E-state index contributed by atoms with van der Waals surface area (Å²) in [6, 6.07) is 0. The van der Waals surface area contributed by atoms with E-state index >= 15 is 0 Å². The molecule has 0 aromatic rings. The second-order valence-corrected chi connectivity index (χ2v) is 6.37. The van der Waals surface area contributed by atoms with Crippen LogP contribution in [0.25, 0.3) is 0 Å². The van der Waals surface area contributed by atoms with Crippen LogP contribution in [-0.2, 0) is 4.79 Å². The van der Waals surface area contributed by atoms with Crippen molar-refractivity contribution in [3.8, 4) is 0 Å². The number of ketones is 1. The molecular weight excluding hydrogens is 198 g/mol. The summed E-state index contributed by atoms with van der Waals surface area (Å²) in [6.45, 7) is 7.72. The summed E-state index contributed by atoms with van der Waals surface area (Å²) >= 11 is 0. The van der Waals surface area contributed by atoms with Gasteiger partial charge in [0.25, 0.3) is 0 Å². The molecule has 0 spiro atoms. The van der Waals surface area contributed by atoms with Crippen molar-refractivity contribution in [1.82, 2.24) is 4.90 Å². The zero-order valence-electron chi connectivity index (χ0n) is 11.4. The van der Waals surface area contributed by atoms with E-state index in [4.69, 9.17) is 0 Å². The minimum atomic E-state index is -0.194. The van der Waals surface area contributed by atoms with Gasteiger partial charge in [0.2, 0.25) is 0 Å². The summed E-state index contributed by atoms with van der Waals surface area (Å²) in [5.74, 6) is 1.18. The zero-order valence-corrected chi connectivity index (χ0v) is 11.4. The molecule has 16 heavy (non-hydrogen) atoms. The highest BCUT2D eigenvalue weighted by molar-refractivity contribution is 5.85. The fourth-order valence-electron chi connectivity index (χ4n) is 2.36. The van der Waals surface area contributed by atoms with Crippen LogP contribution in [0.5, 0.6) is 0 Å². The average Bonchev–Trinajstić information content (AvgIpc) is 2.17. The van der Waals surface area contributed by atoms with Crippen molar-refractivity contribution in [2.75, 3.05) is 20.1 Å². The molecule has 0 atom stereocenters. The predicted octanol–water partition coefficient (Wildman–Crippen LogP) is 3.11. The molecule has 0 aromatic heterocycles. The van der Waals surface area contributed by atoms with Gasteiger partial charge in [0.1, 0.15) is 0 Å². The van der Waals surface area contributed by atoms with Gasteiger partial charge in [0, 0.05) is 12.0 Å². The Kier molecular flexibility index (Phi) is 4.97. The summed E-state index contributed by atoms with van der Waals surface area (Å²) in [4.78, 5) is 14.1. The molecule has 0 saturated heterocycles. The van der Waals surface area contributed by atoms with E-state index in [-0.39, 0.29) is 5.41 Å². The highest BCUT2D eigenvalue weighted by atomic mass is 16.1. The van der Waals surface area contributed by atoms with Crippen LogP contribution < -0.4 is 0 Å². The predicted molar refractivity (Wildman–Crippen MR) is 68.5 cm³/mol. The lowest BCUT2D eigenvalue weighted by molar-refractivity contribution is -0.127. The molecule has 1 aliphatic rings. The Morgan fingerprint density at radius 2 is 1.75 bits per heavy atom. The van der Waals surface area contributed by atoms with Gasteiger partial charge in [0.05, 0.1) is 6.54 Å². The van der Waals surface area contributed by atoms with Gasteiger partial charge < -0.3 is 0 Å². The van der Waals surface area contributed by atoms with E-state index < -0.39 is 0 Å². The van der Waals surface area contributed by atoms with Crippen LogP contribution in [0.3, 0.4) is 0 Å². The highest BCUT2D eigenvalue weighted by Gasteiger charge is 2.23. The molecule has 0 N–H and O–H groups in total. The van der Waals surface area contributed by atoms with Crippen molar-refractivity contribution in [1.29, 1.82) is 0 Å². The summed E-state index contributed by atoms with van der Waals surface area (Å²) in [6.07, 6.45) is 6.88. The molecule has 0 bridgehead atoms. The van der Waals surface area contributed by atoms with E-state index in [2.05, 4.69) is 11.9 Å². The molecule has 1 saturated carbocycles. The van der Waals surface area contributed by atoms with Crippen LogP contribution in [0, 0.1) is 11.3 Å². The summed E-state index contributed by atoms with van der Waals surface area (Å²) in [5.41, 5.74) is -0.194.